The van der Waals surface area contributed by atoms with Gasteiger partial charge in [-0.05, 0) is 38.0 Å². The number of hydrogen-bond acceptors (Lipinski definition) is 3. The van der Waals surface area contributed by atoms with Crippen LogP contribution in [-0.4, -0.2) is 54.4 Å². The third-order valence-electron chi connectivity index (χ3n) is 4.16. The molecule has 0 aromatic heterocycles. The van der Waals surface area contributed by atoms with E-state index in [1.54, 1.807) is 0 Å². The summed E-state index contributed by atoms with van der Waals surface area (Å²) >= 11 is 0. The Morgan fingerprint density at radius 2 is 2.00 bits per heavy atom. The van der Waals surface area contributed by atoms with Crippen LogP contribution < -0.4 is 10.6 Å². The second-order valence-electron chi connectivity index (χ2n) is 6.01. The number of carbonyl (C=O) groups excluding carboxylic acids is 1. The van der Waals surface area contributed by atoms with E-state index in [1.807, 2.05) is 6.92 Å². The molecule has 0 spiro atoms. The molecule has 110 valence electrons. The first-order valence-electron chi connectivity index (χ1n) is 7.58. The van der Waals surface area contributed by atoms with E-state index >= 15 is 0 Å². The molecule has 2 amide bonds. The zero-order valence-electron chi connectivity index (χ0n) is 11.9. The van der Waals surface area contributed by atoms with Crippen LogP contribution in [0.25, 0.3) is 0 Å². The third kappa shape index (κ3) is 4.99. The number of aliphatic hydroxyl groups is 1. The fourth-order valence-corrected chi connectivity index (χ4v) is 2.67. The molecule has 1 aliphatic carbocycles. The predicted octanol–water partition coefficient (Wildman–Crippen LogP) is 0.931. The first-order valence-corrected chi connectivity index (χ1v) is 7.58. The molecular weight excluding hydrogens is 242 g/mol. The van der Waals surface area contributed by atoms with Crippen LogP contribution in [0.5, 0.6) is 0 Å². The highest BCUT2D eigenvalue weighted by molar-refractivity contribution is 5.74. The van der Waals surface area contributed by atoms with E-state index in [-0.39, 0.29) is 12.6 Å². The van der Waals surface area contributed by atoms with Crippen molar-refractivity contribution in [1.29, 1.82) is 0 Å². The van der Waals surface area contributed by atoms with Gasteiger partial charge in [0, 0.05) is 38.3 Å². The van der Waals surface area contributed by atoms with Gasteiger partial charge in [0.2, 0.25) is 0 Å². The summed E-state index contributed by atoms with van der Waals surface area (Å²) in [7, 11) is 0. The normalized spacial score (nSPS) is 23.1. The largest absolute Gasteiger partial charge is 0.396 e. The molecule has 1 atom stereocenters. The van der Waals surface area contributed by atoms with Crippen molar-refractivity contribution in [2.45, 2.75) is 51.1 Å². The van der Waals surface area contributed by atoms with Crippen molar-refractivity contribution in [1.82, 2.24) is 15.5 Å². The van der Waals surface area contributed by atoms with Gasteiger partial charge in [0.05, 0.1) is 0 Å². The van der Waals surface area contributed by atoms with Crippen LogP contribution in [0.3, 0.4) is 0 Å². The van der Waals surface area contributed by atoms with Crippen molar-refractivity contribution in [2.24, 2.45) is 5.92 Å². The Labute approximate surface area is 115 Å². The molecule has 1 unspecified atom stereocenters. The molecule has 0 aromatic rings. The number of nitrogens with zero attached hydrogens (tertiary/aromatic N) is 1. The van der Waals surface area contributed by atoms with Crippen molar-refractivity contribution in [3.8, 4) is 0 Å². The first-order chi connectivity index (χ1) is 9.19. The molecule has 2 fully saturated rings. The average Bonchev–Trinajstić information content (AvgIpc) is 3.22. The number of likely N-dealkylation sites (tertiary alicyclic amines) is 1. The van der Waals surface area contributed by atoms with E-state index < -0.39 is 0 Å². The average molecular weight is 269 g/mol. The standard InChI is InChI=1S/C14H27N3O2/c1-11(6-9-18)10-15-14(19)16-12-4-7-17(8-5-12)13-2-3-13/h11-13,18H,2-10H2,1H3,(H2,15,16,19). The number of aliphatic hydroxyl groups excluding tert-OH is 1. The number of urea groups is 1. The van der Waals surface area contributed by atoms with Crippen LogP contribution in [0.2, 0.25) is 0 Å². The lowest BCUT2D eigenvalue weighted by atomic mass is 10.1. The fraction of sp³-hybridized carbons (Fsp3) is 0.929. The van der Waals surface area contributed by atoms with Crippen LogP contribution in [0.15, 0.2) is 0 Å². The molecular formula is C14H27N3O2. The number of rotatable bonds is 6. The maximum absolute atomic E-state index is 11.7. The molecule has 0 aromatic carbocycles. The Kier molecular flexibility index (Phi) is 5.45. The van der Waals surface area contributed by atoms with E-state index in [9.17, 15) is 4.79 Å². The second kappa shape index (κ2) is 7.10. The molecule has 19 heavy (non-hydrogen) atoms. The molecule has 1 saturated carbocycles. The van der Waals surface area contributed by atoms with Gasteiger partial charge in [-0.2, -0.15) is 0 Å². The SMILES string of the molecule is CC(CCO)CNC(=O)NC1CCN(C2CC2)CC1. The molecule has 2 aliphatic rings. The molecule has 1 aliphatic heterocycles. The lowest BCUT2D eigenvalue weighted by Gasteiger charge is -2.32. The van der Waals surface area contributed by atoms with Crippen molar-refractivity contribution < 1.29 is 9.90 Å². The summed E-state index contributed by atoms with van der Waals surface area (Å²) in [4.78, 5) is 14.3. The summed E-state index contributed by atoms with van der Waals surface area (Å²) in [6.07, 6.45) is 5.59. The molecule has 3 N–H and O–H groups in total. The highest BCUT2D eigenvalue weighted by Crippen LogP contribution is 2.29. The first kappa shape index (κ1) is 14.6. The van der Waals surface area contributed by atoms with E-state index in [2.05, 4.69) is 15.5 Å². The van der Waals surface area contributed by atoms with Crippen LogP contribution in [0.4, 0.5) is 4.79 Å². The maximum atomic E-state index is 11.7. The maximum Gasteiger partial charge on any atom is 0.315 e. The number of amides is 2. The van der Waals surface area contributed by atoms with E-state index in [1.165, 1.54) is 12.8 Å². The molecule has 1 saturated heterocycles. The molecule has 2 rings (SSSR count). The van der Waals surface area contributed by atoms with Crippen LogP contribution in [0, 0.1) is 5.92 Å². The second-order valence-corrected chi connectivity index (χ2v) is 6.01. The zero-order valence-corrected chi connectivity index (χ0v) is 11.9. The van der Waals surface area contributed by atoms with Gasteiger partial charge in [0.25, 0.3) is 0 Å². The molecule has 5 nitrogen and oxygen atoms in total. The Balaban J connectivity index is 1.57. The van der Waals surface area contributed by atoms with Gasteiger partial charge in [0.1, 0.15) is 0 Å². The van der Waals surface area contributed by atoms with E-state index in [0.29, 0.717) is 18.5 Å². The van der Waals surface area contributed by atoms with E-state index in [4.69, 9.17) is 5.11 Å². The monoisotopic (exact) mass is 269 g/mol. The number of carbonyl (C=O) groups is 1. The third-order valence-corrected chi connectivity index (χ3v) is 4.16. The smallest absolute Gasteiger partial charge is 0.315 e. The van der Waals surface area contributed by atoms with Crippen LogP contribution >= 0.6 is 0 Å². The van der Waals surface area contributed by atoms with Gasteiger partial charge in [-0.25, -0.2) is 4.79 Å². The summed E-state index contributed by atoms with van der Waals surface area (Å²) < 4.78 is 0. The van der Waals surface area contributed by atoms with Gasteiger partial charge in [-0.1, -0.05) is 6.92 Å². The van der Waals surface area contributed by atoms with Crippen LogP contribution in [0.1, 0.15) is 39.0 Å². The zero-order chi connectivity index (χ0) is 13.7. The lowest BCUT2D eigenvalue weighted by molar-refractivity contribution is 0.185. The summed E-state index contributed by atoms with van der Waals surface area (Å²) in [6, 6.07) is 1.10. The minimum absolute atomic E-state index is 0.0605. The summed E-state index contributed by atoms with van der Waals surface area (Å²) in [5.74, 6) is 0.326. The van der Waals surface area contributed by atoms with Crippen molar-refractivity contribution in [3.05, 3.63) is 0 Å². The number of hydrogen-bond donors (Lipinski definition) is 3. The fourth-order valence-electron chi connectivity index (χ4n) is 2.67. The Morgan fingerprint density at radius 3 is 2.58 bits per heavy atom. The highest BCUT2D eigenvalue weighted by atomic mass is 16.3. The number of nitrogens with one attached hydrogen (secondary N) is 2. The molecule has 0 radical (unpaired) electrons. The highest BCUT2D eigenvalue weighted by Gasteiger charge is 2.32. The van der Waals surface area contributed by atoms with E-state index in [0.717, 1.165) is 38.4 Å². The molecule has 0 bridgehead atoms. The number of piperidine rings is 1. The summed E-state index contributed by atoms with van der Waals surface area (Å²) in [5.41, 5.74) is 0. The van der Waals surface area contributed by atoms with Gasteiger partial charge >= 0.3 is 6.03 Å². The van der Waals surface area contributed by atoms with Crippen molar-refractivity contribution in [2.75, 3.05) is 26.2 Å². The summed E-state index contributed by atoms with van der Waals surface area (Å²) in [5, 5.41) is 14.7. The Morgan fingerprint density at radius 1 is 1.32 bits per heavy atom. The van der Waals surface area contributed by atoms with Gasteiger partial charge in [-0.3, -0.25) is 0 Å². The minimum atomic E-state index is -0.0605. The quantitative estimate of drug-likeness (QED) is 0.672. The Bertz CT molecular complexity index is 286. The van der Waals surface area contributed by atoms with Gasteiger partial charge in [0.15, 0.2) is 0 Å². The van der Waals surface area contributed by atoms with Gasteiger partial charge < -0.3 is 20.6 Å². The topological polar surface area (TPSA) is 64.6 Å². The van der Waals surface area contributed by atoms with Gasteiger partial charge in [-0.15, -0.1) is 0 Å². The molecule has 1 heterocycles. The lowest BCUT2D eigenvalue weighted by Crippen LogP contribution is -2.48. The van der Waals surface area contributed by atoms with Crippen LogP contribution in [-0.2, 0) is 0 Å². The summed E-state index contributed by atoms with van der Waals surface area (Å²) in [6.45, 7) is 5.09. The minimum Gasteiger partial charge on any atom is -0.396 e. The molecule has 5 heteroatoms. The Hall–Kier alpha value is -0.810. The van der Waals surface area contributed by atoms with Crippen molar-refractivity contribution >= 4 is 6.03 Å². The predicted molar refractivity (Wildman–Crippen MR) is 75.0 cm³/mol. The van der Waals surface area contributed by atoms with Crippen molar-refractivity contribution in [3.63, 3.8) is 0 Å².